The third-order valence-corrected chi connectivity index (χ3v) is 2.26. The Balaban J connectivity index is 2.22. The Morgan fingerprint density at radius 1 is 1.56 bits per heavy atom. The lowest BCUT2D eigenvalue weighted by atomic mass is 10.0. The van der Waals surface area contributed by atoms with Crippen LogP contribution >= 0.6 is 0 Å². The van der Waals surface area contributed by atoms with Crippen molar-refractivity contribution in [3.8, 4) is 0 Å². The minimum absolute atomic E-state index is 0.116. The number of aliphatic hydroxyl groups is 2. The first-order chi connectivity index (χ1) is 4.21. The van der Waals surface area contributed by atoms with E-state index in [-0.39, 0.29) is 6.10 Å². The van der Waals surface area contributed by atoms with Gasteiger partial charge in [-0.1, -0.05) is 0 Å². The van der Waals surface area contributed by atoms with Gasteiger partial charge in [-0.2, -0.15) is 0 Å². The molecule has 0 aromatic rings. The molecule has 1 heterocycles. The Hall–Kier alpha value is -0.120. The van der Waals surface area contributed by atoms with Gasteiger partial charge in [-0.15, -0.1) is 0 Å². The third-order valence-electron chi connectivity index (χ3n) is 2.26. The van der Waals surface area contributed by atoms with E-state index in [9.17, 15) is 5.11 Å². The van der Waals surface area contributed by atoms with Crippen LogP contribution in [0.5, 0.6) is 0 Å². The van der Waals surface area contributed by atoms with Crippen LogP contribution in [0.25, 0.3) is 0 Å². The summed E-state index contributed by atoms with van der Waals surface area (Å²) in [6.45, 7) is 0. The van der Waals surface area contributed by atoms with E-state index in [4.69, 9.17) is 9.84 Å². The maximum atomic E-state index is 9.44. The highest BCUT2D eigenvalue weighted by Gasteiger charge is 2.51. The molecule has 2 N–H and O–H groups in total. The summed E-state index contributed by atoms with van der Waals surface area (Å²) in [6.07, 6.45) is 1.40. The smallest absolute Gasteiger partial charge is 0.184 e. The fraction of sp³-hybridized carbons (Fsp3) is 1.00. The molecule has 3 heteroatoms. The highest BCUT2D eigenvalue weighted by atomic mass is 16.6. The number of fused-ring (bicyclic) bond motifs is 2. The zero-order valence-electron chi connectivity index (χ0n) is 5.08. The molecular formula is C6H10O3. The summed E-state index contributed by atoms with van der Waals surface area (Å²) < 4.78 is 4.97. The summed E-state index contributed by atoms with van der Waals surface area (Å²) in [6, 6.07) is 0. The van der Waals surface area contributed by atoms with Crippen molar-refractivity contribution in [1.82, 2.24) is 0 Å². The Morgan fingerprint density at radius 2 is 2.33 bits per heavy atom. The number of aliphatic hydroxyl groups excluding tert-OH is 1. The summed E-state index contributed by atoms with van der Waals surface area (Å²) in [5, 5.41) is 18.4. The van der Waals surface area contributed by atoms with E-state index in [0.29, 0.717) is 12.8 Å². The molecule has 3 atom stereocenters. The van der Waals surface area contributed by atoms with Gasteiger partial charge in [-0.05, 0) is 12.8 Å². The van der Waals surface area contributed by atoms with Crippen LogP contribution < -0.4 is 0 Å². The fourth-order valence-electron chi connectivity index (χ4n) is 1.66. The summed E-state index contributed by atoms with van der Waals surface area (Å²) in [5.74, 6) is 0. The molecule has 0 spiro atoms. The zero-order valence-corrected chi connectivity index (χ0v) is 5.08. The molecule has 3 nitrogen and oxygen atoms in total. The van der Waals surface area contributed by atoms with Crippen molar-refractivity contribution < 1.29 is 14.9 Å². The molecule has 1 aliphatic carbocycles. The molecule has 0 aromatic heterocycles. The van der Waals surface area contributed by atoms with Gasteiger partial charge in [-0.3, -0.25) is 0 Å². The van der Waals surface area contributed by atoms with Crippen LogP contribution in [-0.2, 0) is 4.74 Å². The Morgan fingerprint density at radius 3 is 2.56 bits per heavy atom. The summed E-state index contributed by atoms with van der Waals surface area (Å²) in [7, 11) is 0. The predicted molar refractivity (Wildman–Crippen MR) is 29.7 cm³/mol. The van der Waals surface area contributed by atoms with Crippen LogP contribution in [0.15, 0.2) is 0 Å². The largest absolute Gasteiger partial charge is 0.384 e. The van der Waals surface area contributed by atoms with Crippen molar-refractivity contribution in [2.45, 2.75) is 37.3 Å². The van der Waals surface area contributed by atoms with E-state index in [1.807, 2.05) is 0 Å². The standard InChI is InChI=1S/C6H10O3/c7-5-6(8)2-1-4(3-6)9-5/h4-5,7-8H,1-3H2. The van der Waals surface area contributed by atoms with Gasteiger partial charge in [-0.25, -0.2) is 0 Å². The van der Waals surface area contributed by atoms with E-state index in [1.165, 1.54) is 0 Å². The lowest BCUT2D eigenvalue weighted by Crippen LogP contribution is -2.37. The van der Waals surface area contributed by atoms with E-state index in [2.05, 4.69) is 0 Å². The molecule has 0 radical (unpaired) electrons. The average Bonchev–Trinajstić information content (AvgIpc) is 2.22. The highest BCUT2D eigenvalue weighted by Crippen LogP contribution is 2.42. The van der Waals surface area contributed by atoms with Crippen LogP contribution in [0.1, 0.15) is 19.3 Å². The molecule has 2 fully saturated rings. The van der Waals surface area contributed by atoms with E-state index in [1.54, 1.807) is 0 Å². The molecule has 1 aliphatic heterocycles. The fourth-order valence-corrected chi connectivity index (χ4v) is 1.66. The van der Waals surface area contributed by atoms with Gasteiger partial charge in [0, 0.05) is 6.42 Å². The average molecular weight is 130 g/mol. The van der Waals surface area contributed by atoms with Crippen molar-refractivity contribution in [2.75, 3.05) is 0 Å². The minimum Gasteiger partial charge on any atom is -0.384 e. The summed E-state index contributed by atoms with van der Waals surface area (Å²) >= 11 is 0. The molecule has 0 aromatic carbocycles. The van der Waals surface area contributed by atoms with Gasteiger partial charge in [0.15, 0.2) is 6.29 Å². The molecule has 1 saturated carbocycles. The normalized spacial score (nSPS) is 56.7. The second kappa shape index (κ2) is 1.48. The first-order valence-electron chi connectivity index (χ1n) is 3.27. The van der Waals surface area contributed by atoms with Gasteiger partial charge in [0.2, 0.25) is 0 Å². The van der Waals surface area contributed by atoms with Crippen LogP contribution in [-0.4, -0.2) is 28.2 Å². The third kappa shape index (κ3) is 0.625. The van der Waals surface area contributed by atoms with Crippen molar-refractivity contribution in [3.63, 3.8) is 0 Å². The van der Waals surface area contributed by atoms with Crippen molar-refractivity contribution in [2.24, 2.45) is 0 Å². The Bertz CT molecular complexity index is 136. The van der Waals surface area contributed by atoms with Crippen LogP contribution in [0.4, 0.5) is 0 Å². The van der Waals surface area contributed by atoms with E-state index in [0.717, 1.165) is 6.42 Å². The van der Waals surface area contributed by atoms with Crippen molar-refractivity contribution in [3.05, 3.63) is 0 Å². The molecule has 0 amide bonds. The molecule has 9 heavy (non-hydrogen) atoms. The van der Waals surface area contributed by atoms with E-state index < -0.39 is 11.9 Å². The molecule has 2 aliphatic rings. The van der Waals surface area contributed by atoms with Gasteiger partial charge < -0.3 is 14.9 Å². The minimum atomic E-state index is -0.920. The van der Waals surface area contributed by atoms with Crippen LogP contribution in [0.3, 0.4) is 0 Å². The molecular weight excluding hydrogens is 120 g/mol. The summed E-state index contributed by atoms with van der Waals surface area (Å²) in [4.78, 5) is 0. The van der Waals surface area contributed by atoms with Crippen LogP contribution in [0.2, 0.25) is 0 Å². The first kappa shape index (κ1) is 5.65. The monoisotopic (exact) mass is 130 g/mol. The van der Waals surface area contributed by atoms with Gasteiger partial charge in [0.25, 0.3) is 0 Å². The maximum Gasteiger partial charge on any atom is 0.184 e. The van der Waals surface area contributed by atoms with Gasteiger partial charge in [0.05, 0.1) is 6.10 Å². The lowest BCUT2D eigenvalue weighted by Gasteiger charge is -2.24. The molecule has 52 valence electrons. The molecule has 2 bridgehead atoms. The number of rotatable bonds is 0. The SMILES string of the molecule is OC1OC2CCC1(O)C2. The summed E-state index contributed by atoms with van der Waals surface area (Å²) in [5.41, 5.74) is -0.898. The molecule has 2 rings (SSSR count). The topological polar surface area (TPSA) is 49.7 Å². The van der Waals surface area contributed by atoms with Crippen molar-refractivity contribution in [1.29, 1.82) is 0 Å². The quantitative estimate of drug-likeness (QED) is 0.470. The second-order valence-corrected chi connectivity index (χ2v) is 2.96. The molecule has 3 unspecified atom stereocenters. The second-order valence-electron chi connectivity index (χ2n) is 2.96. The Labute approximate surface area is 53.3 Å². The number of hydrogen-bond acceptors (Lipinski definition) is 3. The zero-order chi connectivity index (χ0) is 6.48. The predicted octanol–water partition coefficient (Wildman–Crippen LogP) is -0.381. The van der Waals surface area contributed by atoms with Crippen LogP contribution in [0, 0.1) is 0 Å². The number of ether oxygens (including phenoxy) is 1. The van der Waals surface area contributed by atoms with Crippen molar-refractivity contribution >= 4 is 0 Å². The lowest BCUT2D eigenvalue weighted by molar-refractivity contribution is -0.191. The highest BCUT2D eigenvalue weighted by molar-refractivity contribution is 4.97. The van der Waals surface area contributed by atoms with Gasteiger partial charge in [0.1, 0.15) is 5.60 Å². The first-order valence-corrected chi connectivity index (χ1v) is 3.27. The van der Waals surface area contributed by atoms with Gasteiger partial charge >= 0.3 is 0 Å². The molecule has 1 saturated heterocycles. The maximum absolute atomic E-state index is 9.44. The number of hydrogen-bond donors (Lipinski definition) is 2. The Kier molecular flexibility index (Phi) is 0.928. The van der Waals surface area contributed by atoms with E-state index >= 15 is 0 Å².